The molecule has 0 unspecified atom stereocenters. The molecule has 0 radical (unpaired) electrons. The molecule has 0 amide bonds. The fraction of sp³-hybridized carbons (Fsp3) is 0.889. The fourth-order valence-electron chi connectivity index (χ4n) is 1.14. The van der Waals surface area contributed by atoms with Gasteiger partial charge in [-0.25, -0.2) is 4.72 Å². The molecule has 0 aliphatic rings. The Balaban J connectivity index is 4.44. The maximum atomic E-state index is 11.4. The highest BCUT2D eigenvalue weighted by Gasteiger charge is 2.24. The molecule has 7 heteroatoms. The Hall–Kier alpha value is -0.660. The molecule has 0 bridgehead atoms. The van der Waals surface area contributed by atoms with Crippen LogP contribution in [0.15, 0.2) is 0 Å². The average molecular weight is 252 g/mol. The standard InChI is InChI=1S/C9H20N2O4S/c1-4-5-10-16(14,15)11-8(9(12)13)6-7(2)3/h7-8,10-11H,4-6H2,1-3H3,(H,12,13)/t8-/m1/s1. The smallest absolute Gasteiger partial charge is 0.321 e. The van der Waals surface area contributed by atoms with Gasteiger partial charge in [-0.2, -0.15) is 13.1 Å². The monoisotopic (exact) mass is 252 g/mol. The van der Waals surface area contributed by atoms with Crippen LogP contribution in [0.25, 0.3) is 0 Å². The second kappa shape index (κ2) is 6.82. The van der Waals surface area contributed by atoms with E-state index in [9.17, 15) is 13.2 Å². The van der Waals surface area contributed by atoms with Crippen LogP contribution in [-0.2, 0) is 15.0 Å². The van der Waals surface area contributed by atoms with Gasteiger partial charge in [0.15, 0.2) is 0 Å². The van der Waals surface area contributed by atoms with Crippen LogP contribution in [-0.4, -0.2) is 32.1 Å². The van der Waals surface area contributed by atoms with Crippen molar-refractivity contribution in [3.63, 3.8) is 0 Å². The molecule has 1 atom stereocenters. The van der Waals surface area contributed by atoms with Gasteiger partial charge in [-0.3, -0.25) is 4.79 Å². The number of carboxylic acids is 1. The van der Waals surface area contributed by atoms with Crippen molar-refractivity contribution < 1.29 is 18.3 Å². The van der Waals surface area contributed by atoms with E-state index in [4.69, 9.17) is 5.11 Å². The molecule has 0 aromatic rings. The van der Waals surface area contributed by atoms with Gasteiger partial charge in [0.25, 0.3) is 10.2 Å². The number of hydrogen-bond donors (Lipinski definition) is 3. The second-order valence-electron chi connectivity index (χ2n) is 4.04. The minimum atomic E-state index is -3.71. The first kappa shape index (κ1) is 15.3. The van der Waals surface area contributed by atoms with Gasteiger partial charge in [0.1, 0.15) is 6.04 Å². The topological polar surface area (TPSA) is 95.5 Å². The zero-order chi connectivity index (χ0) is 12.8. The molecule has 0 heterocycles. The van der Waals surface area contributed by atoms with E-state index in [1.54, 1.807) is 0 Å². The molecule has 0 fully saturated rings. The van der Waals surface area contributed by atoms with E-state index in [0.29, 0.717) is 13.0 Å². The van der Waals surface area contributed by atoms with Crippen molar-refractivity contribution in [2.75, 3.05) is 6.54 Å². The quantitative estimate of drug-likeness (QED) is 0.579. The zero-order valence-corrected chi connectivity index (χ0v) is 10.7. The lowest BCUT2D eigenvalue weighted by atomic mass is 10.1. The lowest BCUT2D eigenvalue weighted by Crippen LogP contribution is -2.47. The van der Waals surface area contributed by atoms with Crippen molar-refractivity contribution in [3.05, 3.63) is 0 Å². The van der Waals surface area contributed by atoms with Crippen molar-refractivity contribution in [2.24, 2.45) is 5.92 Å². The Morgan fingerprint density at radius 1 is 1.38 bits per heavy atom. The van der Waals surface area contributed by atoms with Gasteiger partial charge in [-0.1, -0.05) is 20.8 Å². The van der Waals surface area contributed by atoms with Crippen molar-refractivity contribution >= 4 is 16.2 Å². The van der Waals surface area contributed by atoms with Gasteiger partial charge in [-0.05, 0) is 18.8 Å². The zero-order valence-electron chi connectivity index (χ0n) is 9.86. The Labute approximate surface area is 96.6 Å². The summed E-state index contributed by atoms with van der Waals surface area (Å²) < 4.78 is 27.2. The molecule has 0 rings (SSSR count). The first-order valence-electron chi connectivity index (χ1n) is 5.28. The van der Waals surface area contributed by atoms with Crippen LogP contribution in [0.1, 0.15) is 33.6 Å². The van der Waals surface area contributed by atoms with E-state index in [-0.39, 0.29) is 12.3 Å². The molecule has 0 saturated heterocycles. The minimum absolute atomic E-state index is 0.106. The summed E-state index contributed by atoms with van der Waals surface area (Å²) in [6, 6.07) is -1.07. The molecule has 3 N–H and O–H groups in total. The Bertz CT molecular complexity index is 313. The number of carbonyl (C=O) groups is 1. The van der Waals surface area contributed by atoms with Gasteiger partial charge in [0.05, 0.1) is 0 Å². The third-order valence-corrected chi connectivity index (χ3v) is 3.02. The molecule has 96 valence electrons. The maximum absolute atomic E-state index is 11.4. The summed E-state index contributed by atoms with van der Waals surface area (Å²) in [6.45, 7) is 5.79. The Morgan fingerprint density at radius 2 is 1.94 bits per heavy atom. The SMILES string of the molecule is CCCNS(=O)(=O)N[C@H](CC(C)C)C(=O)O. The molecule has 6 nitrogen and oxygen atoms in total. The van der Waals surface area contributed by atoms with Crippen molar-refractivity contribution in [3.8, 4) is 0 Å². The number of carboxylic acid groups (broad SMARTS) is 1. The van der Waals surface area contributed by atoms with Crippen LogP contribution in [0.4, 0.5) is 0 Å². The molecule has 0 spiro atoms. The van der Waals surface area contributed by atoms with E-state index in [0.717, 1.165) is 0 Å². The minimum Gasteiger partial charge on any atom is -0.480 e. The lowest BCUT2D eigenvalue weighted by molar-refractivity contribution is -0.139. The highest BCUT2D eigenvalue weighted by Crippen LogP contribution is 2.05. The largest absolute Gasteiger partial charge is 0.480 e. The molecule has 0 aliphatic heterocycles. The molecule has 0 aromatic carbocycles. The molecule has 16 heavy (non-hydrogen) atoms. The predicted octanol–water partition coefficient (Wildman–Crippen LogP) is 0.320. The van der Waals surface area contributed by atoms with Gasteiger partial charge < -0.3 is 5.11 Å². The first-order chi connectivity index (χ1) is 7.28. The number of rotatable bonds is 8. The summed E-state index contributed by atoms with van der Waals surface area (Å²) in [5, 5.41) is 8.86. The third-order valence-electron chi connectivity index (χ3n) is 1.84. The van der Waals surface area contributed by atoms with E-state index in [1.165, 1.54) is 0 Å². The lowest BCUT2D eigenvalue weighted by Gasteiger charge is -2.16. The van der Waals surface area contributed by atoms with E-state index in [1.807, 2.05) is 20.8 Å². The Morgan fingerprint density at radius 3 is 2.31 bits per heavy atom. The molecule has 0 saturated carbocycles. The van der Waals surface area contributed by atoms with Gasteiger partial charge in [0, 0.05) is 6.54 Å². The van der Waals surface area contributed by atoms with Crippen LogP contribution >= 0.6 is 0 Å². The maximum Gasteiger partial charge on any atom is 0.321 e. The number of nitrogens with one attached hydrogen (secondary N) is 2. The Kier molecular flexibility index (Phi) is 6.54. The summed E-state index contributed by atoms with van der Waals surface area (Å²) >= 11 is 0. The van der Waals surface area contributed by atoms with Gasteiger partial charge in [0.2, 0.25) is 0 Å². The molecule has 0 aromatic heterocycles. The van der Waals surface area contributed by atoms with Crippen LogP contribution in [0, 0.1) is 5.92 Å². The number of aliphatic carboxylic acids is 1. The highest BCUT2D eigenvalue weighted by molar-refractivity contribution is 7.87. The van der Waals surface area contributed by atoms with Crippen LogP contribution in [0.5, 0.6) is 0 Å². The van der Waals surface area contributed by atoms with Crippen LogP contribution in [0.2, 0.25) is 0 Å². The van der Waals surface area contributed by atoms with E-state index >= 15 is 0 Å². The summed E-state index contributed by atoms with van der Waals surface area (Å²) in [6.07, 6.45) is 0.922. The van der Waals surface area contributed by atoms with E-state index in [2.05, 4.69) is 9.44 Å². The van der Waals surface area contributed by atoms with Crippen molar-refractivity contribution in [1.29, 1.82) is 0 Å². The van der Waals surface area contributed by atoms with E-state index < -0.39 is 22.2 Å². The summed E-state index contributed by atoms with van der Waals surface area (Å²) in [7, 11) is -3.71. The first-order valence-corrected chi connectivity index (χ1v) is 6.76. The predicted molar refractivity (Wildman–Crippen MR) is 61.2 cm³/mol. The summed E-state index contributed by atoms with van der Waals surface area (Å²) in [4.78, 5) is 10.8. The summed E-state index contributed by atoms with van der Waals surface area (Å²) in [5.74, 6) is -1.05. The molecular formula is C9H20N2O4S. The molecular weight excluding hydrogens is 232 g/mol. The van der Waals surface area contributed by atoms with Crippen molar-refractivity contribution in [1.82, 2.24) is 9.44 Å². The van der Waals surface area contributed by atoms with Gasteiger partial charge in [-0.15, -0.1) is 0 Å². The second-order valence-corrected chi connectivity index (χ2v) is 5.57. The summed E-state index contributed by atoms with van der Waals surface area (Å²) in [5.41, 5.74) is 0. The van der Waals surface area contributed by atoms with Crippen molar-refractivity contribution in [2.45, 2.75) is 39.7 Å². The number of hydrogen-bond acceptors (Lipinski definition) is 3. The normalized spacial score (nSPS) is 14.0. The fourth-order valence-corrected chi connectivity index (χ4v) is 2.26. The molecule has 0 aliphatic carbocycles. The highest BCUT2D eigenvalue weighted by atomic mass is 32.2. The van der Waals surface area contributed by atoms with Gasteiger partial charge >= 0.3 is 5.97 Å². The average Bonchev–Trinajstić information content (AvgIpc) is 2.12. The van der Waals surface area contributed by atoms with Crippen LogP contribution < -0.4 is 9.44 Å². The third kappa shape index (κ3) is 6.76. The van der Waals surface area contributed by atoms with Crippen LogP contribution in [0.3, 0.4) is 0 Å².